The highest BCUT2D eigenvalue weighted by Crippen LogP contribution is 2.73. The highest BCUT2D eigenvalue weighted by atomic mass is 14.9. The maximum atomic E-state index is 5.62. The van der Waals surface area contributed by atoms with Crippen LogP contribution in [0.25, 0.3) is 11.1 Å². The quantitative estimate of drug-likeness (QED) is 0.521. The molecule has 0 radical (unpaired) electrons. The van der Waals surface area contributed by atoms with E-state index in [1.54, 1.807) is 16.7 Å². The Labute approximate surface area is 170 Å². The molecule has 2 saturated carbocycles. The zero-order valence-electron chi connectivity index (χ0n) is 18.3. The summed E-state index contributed by atoms with van der Waals surface area (Å²) in [6, 6.07) is 11.3. The van der Waals surface area contributed by atoms with E-state index in [4.69, 9.17) is 4.98 Å². The molecule has 4 bridgehead atoms. The van der Waals surface area contributed by atoms with Crippen molar-refractivity contribution in [1.29, 1.82) is 0 Å². The summed E-state index contributed by atoms with van der Waals surface area (Å²) in [7, 11) is 0. The van der Waals surface area contributed by atoms with Crippen LogP contribution in [0.4, 0.5) is 0 Å². The van der Waals surface area contributed by atoms with Crippen molar-refractivity contribution in [2.24, 2.45) is 10.8 Å². The molecule has 2 aromatic rings. The first-order valence-electron chi connectivity index (χ1n) is 11.3. The van der Waals surface area contributed by atoms with Crippen molar-refractivity contribution in [3.8, 4) is 11.1 Å². The van der Waals surface area contributed by atoms with E-state index in [9.17, 15) is 0 Å². The predicted octanol–water partition coefficient (Wildman–Crippen LogP) is 7.10. The number of aromatic nitrogens is 1. The van der Waals surface area contributed by atoms with E-state index in [1.165, 1.54) is 42.6 Å². The Bertz CT molecular complexity index is 954. The van der Waals surface area contributed by atoms with E-state index < -0.39 is 0 Å². The van der Waals surface area contributed by atoms with E-state index in [-0.39, 0.29) is 10.8 Å². The monoisotopic (exact) mass is 371 g/mol. The van der Waals surface area contributed by atoms with Crippen LogP contribution in [0.15, 0.2) is 30.3 Å². The highest BCUT2D eigenvalue weighted by molar-refractivity contribution is 5.79. The van der Waals surface area contributed by atoms with Gasteiger partial charge in [-0.15, -0.1) is 0 Å². The van der Waals surface area contributed by atoms with E-state index in [0.29, 0.717) is 22.7 Å². The molecule has 146 valence electrons. The number of rotatable bonds is 1. The number of pyridine rings is 1. The second-order valence-corrected chi connectivity index (χ2v) is 11.7. The highest BCUT2D eigenvalue weighted by Gasteiger charge is 2.66. The lowest BCUT2D eigenvalue weighted by Gasteiger charge is -2.36. The average molecular weight is 372 g/mol. The molecule has 0 N–H and O–H groups in total. The minimum atomic E-state index is 0.216. The molecular formula is C27H33N. The summed E-state index contributed by atoms with van der Waals surface area (Å²) in [5.41, 5.74) is 10.2. The van der Waals surface area contributed by atoms with Crippen molar-refractivity contribution in [3.63, 3.8) is 0 Å². The summed E-state index contributed by atoms with van der Waals surface area (Å²) < 4.78 is 0. The van der Waals surface area contributed by atoms with E-state index in [2.05, 4.69) is 71.9 Å². The Kier molecular flexibility index (Phi) is 2.92. The van der Waals surface area contributed by atoms with Crippen LogP contribution in [0, 0.1) is 10.8 Å². The largest absolute Gasteiger partial charge is 0.256 e. The normalized spacial score (nSPS) is 37.9. The Morgan fingerprint density at radius 3 is 1.64 bits per heavy atom. The molecule has 0 aliphatic heterocycles. The van der Waals surface area contributed by atoms with Gasteiger partial charge in [-0.1, -0.05) is 71.9 Å². The molecule has 1 aromatic heterocycles. The molecule has 1 heterocycles. The van der Waals surface area contributed by atoms with Crippen molar-refractivity contribution >= 4 is 0 Å². The SMILES string of the molecule is CC1(C)[C@@H]2CC[C@@]1(C)c1nc3c(c(-c4ccccc4)c12)[C@H]1CC[C@]3(C)C1(C)C. The summed E-state index contributed by atoms with van der Waals surface area (Å²) in [5, 5.41) is 0. The maximum Gasteiger partial charge on any atom is 0.0513 e. The van der Waals surface area contributed by atoms with E-state index in [1.807, 2.05) is 0 Å². The van der Waals surface area contributed by atoms with Gasteiger partial charge in [0.25, 0.3) is 0 Å². The summed E-state index contributed by atoms with van der Waals surface area (Å²) in [4.78, 5) is 5.62. The average Bonchev–Trinajstić information content (AvgIpc) is 3.17. The molecule has 1 nitrogen and oxygen atoms in total. The molecule has 1 aromatic carbocycles. The Balaban J connectivity index is 1.76. The third kappa shape index (κ3) is 1.56. The first-order chi connectivity index (χ1) is 13.1. The second-order valence-electron chi connectivity index (χ2n) is 11.7. The van der Waals surface area contributed by atoms with Gasteiger partial charge in [0.15, 0.2) is 0 Å². The third-order valence-corrected chi connectivity index (χ3v) is 10.5. The lowest BCUT2D eigenvalue weighted by atomic mass is 9.69. The molecule has 6 rings (SSSR count). The fourth-order valence-electron chi connectivity index (χ4n) is 7.91. The Hall–Kier alpha value is -1.63. The molecule has 4 atom stereocenters. The number of fused-ring (bicyclic) bond motifs is 10. The minimum Gasteiger partial charge on any atom is -0.256 e. The summed E-state index contributed by atoms with van der Waals surface area (Å²) in [5.74, 6) is 1.30. The zero-order valence-corrected chi connectivity index (χ0v) is 18.3. The van der Waals surface area contributed by atoms with Gasteiger partial charge in [0.05, 0.1) is 11.4 Å². The van der Waals surface area contributed by atoms with Crippen LogP contribution in [0.1, 0.15) is 102 Å². The fourth-order valence-corrected chi connectivity index (χ4v) is 7.91. The van der Waals surface area contributed by atoms with Gasteiger partial charge in [-0.25, -0.2) is 0 Å². The van der Waals surface area contributed by atoms with Crippen molar-refractivity contribution in [2.45, 2.75) is 89.9 Å². The molecular weight excluding hydrogens is 338 g/mol. The molecule has 1 heteroatoms. The van der Waals surface area contributed by atoms with Gasteiger partial charge in [-0.2, -0.15) is 0 Å². The van der Waals surface area contributed by atoms with E-state index >= 15 is 0 Å². The lowest BCUT2D eigenvalue weighted by molar-refractivity contribution is 0.218. The van der Waals surface area contributed by atoms with Crippen LogP contribution < -0.4 is 0 Å². The van der Waals surface area contributed by atoms with Crippen LogP contribution >= 0.6 is 0 Å². The van der Waals surface area contributed by atoms with Gasteiger partial charge in [0.1, 0.15) is 0 Å². The van der Waals surface area contributed by atoms with Gasteiger partial charge >= 0.3 is 0 Å². The lowest BCUT2D eigenvalue weighted by Crippen LogP contribution is -2.34. The van der Waals surface area contributed by atoms with Gasteiger partial charge in [-0.3, -0.25) is 4.98 Å². The minimum absolute atomic E-state index is 0.216. The van der Waals surface area contributed by atoms with Gasteiger partial charge in [-0.05, 0) is 70.6 Å². The Morgan fingerprint density at radius 2 is 1.18 bits per heavy atom. The van der Waals surface area contributed by atoms with Crippen LogP contribution in [0.2, 0.25) is 0 Å². The molecule has 28 heavy (non-hydrogen) atoms. The molecule has 0 saturated heterocycles. The fraction of sp³-hybridized carbons (Fsp3) is 0.593. The number of benzene rings is 1. The van der Waals surface area contributed by atoms with Crippen molar-refractivity contribution < 1.29 is 0 Å². The van der Waals surface area contributed by atoms with Crippen molar-refractivity contribution in [1.82, 2.24) is 4.98 Å². The summed E-state index contributed by atoms with van der Waals surface area (Å²) in [6.07, 6.45) is 5.23. The molecule has 4 aliphatic carbocycles. The predicted molar refractivity (Wildman–Crippen MR) is 116 cm³/mol. The van der Waals surface area contributed by atoms with Gasteiger partial charge in [0.2, 0.25) is 0 Å². The first-order valence-corrected chi connectivity index (χ1v) is 11.3. The second kappa shape index (κ2) is 4.74. The van der Waals surface area contributed by atoms with Crippen LogP contribution in [-0.4, -0.2) is 4.98 Å². The zero-order chi connectivity index (χ0) is 19.7. The molecule has 0 amide bonds. The van der Waals surface area contributed by atoms with Crippen LogP contribution in [0.3, 0.4) is 0 Å². The van der Waals surface area contributed by atoms with Crippen molar-refractivity contribution in [3.05, 3.63) is 52.8 Å². The summed E-state index contributed by atoms with van der Waals surface area (Å²) in [6.45, 7) is 15.0. The van der Waals surface area contributed by atoms with Gasteiger partial charge < -0.3 is 0 Å². The Morgan fingerprint density at radius 1 is 0.714 bits per heavy atom. The number of hydrogen-bond donors (Lipinski definition) is 0. The first kappa shape index (κ1) is 17.2. The summed E-state index contributed by atoms with van der Waals surface area (Å²) >= 11 is 0. The van der Waals surface area contributed by atoms with Gasteiger partial charge in [0, 0.05) is 10.8 Å². The van der Waals surface area contributed by atoms with Crippen LogP contribution in [0.5, 0.6) is 0 Å². The standard InChI is InChI=1S/C27H33N/c1-24(2)17-12-14-26(24,5)22-20(17)19(16-10-8-7-9-11-16)21-18-13-15-27(6,23(21)28-22)25(18,3)4/h7-11,17-18H,12-15H2,1-6H3/t17-,18-,26+,27+/m1/s1. The molecule has 0 spiro atoms. The topological polar surface area (TPSA) is 12.9 Å². The van der Waals surface area contributed by atoms with E-state index in [0.717, 1.165) is 0 Å². The third-order valence-electron chi connectivity index (χ3n) is 10.5. The number of nitrogens with zero attached hydrogens (tertiary/aromatic N) is 1. The smallest absolute Gasteiger partial charge is 0.0513 e. The molecule has 4 aliphatic rings. The maximum absolute atomic E-state index is 5.62. The van der Waals surface area contributed by atoms with Crippen LogP contribution in [-0.2, 0) is 10.8 Å². The number of hydrogen-bond acceptors (Lipinski definition) is 1. The van der Waals surface area contributed by atoms with Crippen molar-refractivity contribution in [2.75, 3.05) is 0 Å². The molecule has 0 unspecified atom stereocenters. The molecule has 2 fully saturated rings.